The van der Waals surface area contributed by atoms with Crippen LogP contribution in [-0.2, 0) is 11.8 Å². The SMILES string of the molecule is Cc1nc(-c2ccc(C(F)(F)F)cc2)sc1C(C)(C)O. The Balaban J connectivity index is 2.38. The monoisotopic (exact) mass is 301 g/mol. The maximum atomic E-state index is 12.5. The number of aromatic nitrogens is 1. The van der Waals surface area contributed by atoms with Crippen molar-refractivity contribution in [2.45, 2.75) is 32.5 Å². The molecule has 0 radical (unpaired) electrons. The van der Waals surface area contributed by atoms with E-state index < -0.39 is 17.3 Å². The molecule has 0 atom stereocenters. The number of aryl methyl sites for hydroxylation is 1. The van der Waals surface area contributed by atoms with Crippen molar-refractivity contribution in [3.63, 3.8) is 0 Å². The van der Waals surface area contributed by atoms with Gasteiger partial charge in [-0.15, -0.1) is 11.3 Å². The molecule has 1 aromatic heterocycles. The molecule has 0 aliphatic carbocycles. The first-order valence-electron chi connectivity index (χ1n) is 5.97. The van der Waals surface area contributed by atoms with Crippen molar-refractivity contribution in [2.75, 3.05) is 0 Å². The van der Waals surface area contributed by atoms with Crippen molar-refractivity contribution in [2.24, 2.45) is 0 Å². The topological polar surface area (TPSA) is 33.1 Å². The van der Waals surface area contributed by atoms with E-state index in [1.54, 1.807) is 20.8 Å². The Hall–Kier alpha value is -1.40. The van der Waals surface area contributed by atoms with Crippen molar-refractivity contribution in [3.8, 4) is 10.6 Å². The van der Waals surface area contributed by atoms with Crippen LogP contribution in [0.1, 0.15) is 30.0 Å². The van der Waals surface area contributed by atoms with Crippen molar-refractivity contribution in [3.05, 3.63) is 40.4 Å². The lowest BCUT2D eigenvalue weighted by Gasteiger charge is -2.14. The van der Waals surface area contributed by atoms with Gasteiger partial charge in [-0.25, -0.2) is 4.98 Å². The smallest absolute Gasteiger partial charge is 0.385 e. The zero-order chi connectivity index (χ0) is 15.1. The molecule has 2 nitrogen and oxygen atoms in total. The fourth-order valence-electron chi connectivity index (χ4n) is 1.89. The second-order valence-corrected chi connectivity index (χ2v) is 6.07. The molecule has 0 saturated heterocycles. The van der Waals surface area contributed by atoms with Crippen LogP contribution in [0, 0.1) is 6.92 Å². The maximum absolute atomic E-state index is 12.5. The zero-order valence-corrected chi connectivity index (χ0v) is 12.1. The fourth-order valence-corrected chi connectivity index (χ4v) is 2.96. The van der Waals surface area contributed by atoms with Crippen molar-refractivity contribution in [1.29, 1.82) is 0 Å². The van der Waals surface area contributed by atoms with E-state index in [4.69, 9.17) is 0 Å². The summed E-state index contributed by atoms with van der Waals surface area (Å²) in [7, 11) is 0. The number of alkyl halides is 3. The summed E-state index contributed by atoms with van der Waals surface area (Å²) < 4.78 is 37.5. The summed E-state index contributed by atoms with van der Waals surface area (Å²) in [6, 6.07) is 4.87. The number of hydrogen-bond donors (Lipinski definition) is 1. The van der Waals surface area contributed by atoms with Crippen molar-refractivity contribution < 1.29 is 18.3 Å². The van der Waals surface area contributed by atoms with E-state index in [0.29, 0.717) is 21.1 Å². The van der Waals surface area contributed by atoms with Gasteiger partial charge in [0.05, 0.1) is 21.7 Å². The molecule has 2 rings (SSSR count). The molecule has 0 bridgehead atoms. The second kappa shape index (κ2) is 4.86. The standard InChI is InChI=1S/C14H14F3NOS/c1-8-11(13(2,3)19)20-12(18-8)9-4-6-10(7-5-9)14(15,16)17/h4-7,19H,1-3H3. The first kappa shape index (κ1) is 15.0. The van der Waals surface area contributed by atoms with Crippen LogP contribution in [0.25, 0.3) is 10.6 Å². The first-order valence-corrected chi connectivity index (χ1v) is 6.78. The molecule has 0 unspecified atom stereocenters. The van der Waals surface area contributed by atoms with Crippen molar-refractivity contribution in [1.82, 2.24) is 4.98 Å². The van der Waals surface area contributed by atoms with Crippen LogP contribution in [0.4, 0.5) is 13.2 Å². The maximum Gasteiger partial charge on any atom is 0.416 e. The summed E-state index contributed by atoms with van der Waals surface area (Å²) in [6.07, 6.45) is -4.34. The number of rotatable bonds is 2. The first-order chi connectivity index (χ1) is 9.09. The number of hydrogen-bond acceptors (Lipinski definition) is 3. The average molecular weight is 301 g/mol. The zero-order valence-electron chi connectivity index (χ0n) is 11.2. The average Bonchev–Trinajstić information content (AvgIpc) is 2.70. The van der Waals surface area contributed by atoms with Gasteiger partial charge in [-0.1, -0.05) is 12.1 Å². The van der Waals surface area contributed by atoms with Crippen LogP contribution in [0.3, 0.4) is 0 Å². The molecule has 0 fully saturated rings. The Morgan fingerprint density at radius 2 is 1.65 bits per heavy atom. The van der Waals surface area contributed by atoms with Crippen LogP contribution in [0.5, 0.6) is 0 Å². The molecule has 0 aliphatic rings. The van der Waals surface area contributed by atoms with Crippen LogP contribution in [0.15, 0.2) is 24.3 Å². The highest BCUT2D eigenvalue weighted by Gasteiger charge is 2.30. The quantitative estimate of drug-likeness (QED) is 0.893. The minimum absolute atomic E-state index is 0.605. The lowest BCUT2D eigenvalue weighted by Crippen LogP contribution is -2.14. The molecule has 1 heterocycles. The fraction of sp³-hybridized carbons (Fsp3) is 0.357. The number of thiazole rings is 1. The minimum atomic E-state index is -4.34. The molecular weight excluding hydrogens is 287 g/mol. The molecule has 108 valence electrons. The Bertz CT molecular complexity index is 609. The molecule has 0 spiro atoms. The summed E-state index contributed by atoms with van der Waals surface area (Å²) >= 11 is 1.29. The van der Waals surface area contributed by atoms with Crippen LogP contribution < -0.4 is 0 Å². The van der Waals surface area contributed by atoms with Gasteiger partial charge in [0.15, 0.2) is 0 Å². The molecule has 0 amide bonds. The van der Waals surface area contributed by atoms with Gasteiger partial charge in [0, 0.05) is 5.56 Å². The van der Waals surface area contributed by atoms with Crippen LogP contribution in [-0.4, -0.2) is 10.1 Å². The van der Waals surface area contributed by atoms with Gasteiger partial charge < -0.3 is 5.11 Å². The normalized spacial score (nSPS) is 12.8. The van der Waals surface area contributed by atoms with E-state index >= 15 is 0 Å². The highest BCUT2D eigenvalue weighted by molar-refractivity contribution is 7.15. The molecule has 1 N–H and O–H groups in total. The number of halogens is 3. The van der Waals surface area contributed by atoms with E-state index in [9.17, 15) is 18.3 Å². The number of aliphatic hydroxyl groups is 1. The van der Waals surface area contributed by atoms with Crippen molar-refractivity contribution >= 4 is 11.3 Å². The summed E-state index contributed by atoms with van der Waals surface area (Å²) in [5, 5.41) is 10.6. The van der Waals surface area contributed by atoms with Gasteiger partial charge in [0.2, 0.25) is 0 Å². The largest absolute Gasteiger partial charge is 0.416 e. The van der Waals surface area contributed by atoms with Crippen LogP contribution >= 0.6 is 11.3 Å². The third-order valence-corrected chi connectivity index (χ3v) is 4.33. The molecular formula is C14H14F3NOS. The summed E-state index contributed by atoms with van der Waals surface area (Å²) in [6.45, 7) is 5.09. The summed E-state index contributed by atoms with van der Waals surface area (Å²) in [5.74, 6) is 0. The second-order valence-electron chi connectivity index (χ2n) is 5.07. The predicted molar refractivity (Wildman–Crippen MR) is 72.5 cm³/mol. The van der Waals surface area contributed by atoms with Gasteiger partial charge in [-0.3, -0.25) is 0 Å². The Morgan fingerprint density at radius 3 is 2.05 bits per heavy atom. The van der Waals surface area contributed by atoms with Gasteiger partial charge in [-0.2, -0.15) is 13.2 Å². The minimum Gasteiger partial charge on any atom is -0.385 e. The third-order valence-electron chi connectivity index (χ3n) is 2.81. The molecule has 0 saturated carbocycles. The molecule has 6 heteroatoms. The highest BCUT2D eigenvalue weighted by Crippen LogP contribution is 2.36. The number of benzene rings is 1. The predicted octanol–water partition coefficient (Wildman–Crippen LogP) is 4.36. The molecule has 1 aromatic carbocycles. The summed E-state index contributed by atoms with van der Waals surface area (Å²) in [5.41, 5.74) is -0.387. The van der Waals surface area contributed by atoms with E-state index in [1.807, 2.05) is 0 Å². The van der Waals surface area contributed by atoms with E-state index in [2.05, 4.69) is 4.98 Å². The molecule has 20 heavy (non-hydrogen) atoms. The third kappa shape index (κ3) is 3.02. The Kier molecular flexibility index (Phi) is 3.64. The highest BCUT2D eigenvalue weighted by atomic mass is 32.1. The Morgan fingerprint density at radius 1 is 1.10 bits per heavy atom. The van der Waals surface area contributed by atoms with Gasteiger partial charge in [-0.05, 0) is 32.9 Å². The van der Waals surface area contributed by atoms with E-state index in [0.717, 1.165) is 12.1 Å². The molecule has 2 aromatic rings. The lowest BCUT2D eigenvalue weighted by atomic mass is 10.1. The lowest BCUT2D eigenvalue weighted by molar-refractivity contribution is -0.137. The van der Waals surface area contributed by atoms with E-state index in [1.165, 1.54) is 23.5 Å². The van der Waals surface area contributed by atoms with Gasteiger partial charge in [0.1, 0.15) is 5.01 Å². The Labute approximate surface area is 118 Å². The van der Waals surface area contributed by atoms with Crippen LogP contribution in [0.2, 0.25) is 0 Å². The van der Waals surface area contributed by atoms with Gasteiger partial charge >= 0.3 is 6.18 Å². The molecule has 0 aliphatic heterocycles. The van der Waals surface area contributed by atoms with Gasteiger partial charge in [0.25, 0.3) is 0 Å². The summed E-state index contributed by atoms with van der Waals surface area (Å²) in [4.78, 5) is 5.03. The number of nitrogens with zero attached hydrogens (tertiary/aromatic N) is 1. The van der Waals surface area contributed by atoms with E-state index in [-0.39, 0.29) is 0 Å².